The number of fused-ring (bicyclic) bond motifs is 5. The molecule has 1 heterocycles. The fourth-order valence-corrected chi connectivity index (χ4v) is 4.50. The number of rotatable bonds is 2. The zero-order valence-corrected chi connectivity index (χ0v) is 14.2. The monoisotopic (exact) mass is 341 g/mol. The zero-order chi connectivity index (χ0) is 17.7. The van der Waals surface area contributed by atoms with E-state index in [9.17, 15) is 4.79 Å². The van der Waals surface area contributed by atoms with E-state index in [0.29, 0.717) is 17.4 Å². The van der Waals surface area contributed by atoms with Gasteiger partial charge in [-0.2, -0.15) is 0 Å². The number of carbonyl (C=O) groups is 1. The Hall–Kier alpha value is -3.07. The first-order valence-electron chi connectivity index (χ1n) is 9.00. The third-order valence-corrected chi connectivity index (χ3v) is 5.78. The molecule has 3 aromatic carbocycles. The van der Waals surface area contributed by atoms with Crippen molar-refractivity contribution in [3.05, 3.63) is 89.5 Å². The molecule has 26 heavy (non-hydrogen) atoms. The molecule has 1 aliphatic heterocycles. The molecule has 2 aliphatic rings. The highest BCUT2D eigenvalue weighted by atomic mass is 16.4. The first kappa shape index (κ1) is 15.2. The van der Waals surface area contributed by atoms with E-state index in [1.807, 2.05) is 12.1 Å². The summed E-state index contributed by atoms with van der Waals surface area (Å²) in [5.74, 6) is -0.0238. The molecule has 128 valence electrons. The summed E-state index contributed by atoms with van der Waals surface area (Å²) in [4.78, 5) is 11.2. The number of hydrogen-bond donors (Lipinski definition) is 2. The highest BCUT2D eigenvalue weighted by Gasteiger charge is 2.38. The van der Waals surface area contributed by atoms with Gasteiger partial charge in [0, 0.05) is 17.0 Å². The average Bonchev–Trinajstić information content (AvgIpc) is 3.17. The van der Waals surface area contributed by atoms with Gasteiger partial charge in [-0.05, 0) is 41.0 Å². The maximum Gasteiger partial charge on any atom is 0.335 e. The molecule has 0 spiro atoms. The van der Waals surface area contributed by atoms with Gasteiger partial charge in [-0.1, -0.05) is 60.7 Å². The Morgan fingerprint density at radius 3 is 2.62 bits per heavy atom. The zero-order valence-electron chi connectivity index (χ0n) is 14.2. The van der Waals surface area contributed by atoms with E-state index in [0.717, 1.165) is 12.0 Å². The molecule has 1 aliphatic carbocycles. The van der Waals surface area contributed by atoms with Gasteiger partial charge in [0.05, 0.1) is 11.6 Å². The van der Waals surface area contributed by atoms with Gasteiger partial charge in [-0.15, -0.1) is 0 Å². The summed E-state index contributed by atoms with van der Waals surface area (Å²) in [6.45, 7) is 0. The normalized spacial score (nSPS) is 23.3. The Balaban J connectivity index is 1.63. The molecule has 0 saturated carbocycles. The third-order valence-electron chi connectivity index (χ3n) is 5.78. The van der Waals surface area contributed by atoms with E-state index in [1.165, 1.54) is 22.0 Å². The van der Waals surface area contributed by atoms with Gasteiger partial charge in [0.25, 0.3) is 0 Å². The molecule has 0 amide bonds. The fraction of sp³-hybridized carbons (Fsp3) is 0.174. The lowest BCUT2D eigenvalue weighted by Gasteiger charge is -2.38. The van der Waals surface area contributed by atoms with Crippen molar-refractivity contribution in [2.75, 3.05) is 5.32 Å². The summed E-state index contributed by atoms with van der Waals surface area (Å²) in [5.41, 5.74) is 4.05. The number of allylic oxidation sites excluding steroid dienone is 2. The van der Waals surface area contributed by atoms with Gasteiger partial charge < -0.3 is 10.4 Å². The molecule has 3 nitrogen and oxygen atoms in total. The van der Waals surface area contributed by atoms with Gasteiger partial charge in [0.15, 0.2) is 0 Å². The molecule has 3 heteroatoms. The number of hydrogen-bond acceptors (Lipinski definition) is 2. The topological polar surface area (TPSA) is 49.3 Å². The van der Waals surface area contributed by atoms with Crippen molar-refractivity contribution >= 4 is 22.4 Å². The number of benzene rings is 3. The van der Waals surface area contributed by atoms with Crippen molar-refractivity contribution in [3.63, 3.8) is 0 Å². The van der Waals surface area contributed by atoms with Crippen LogP contribution in [0.3, 0.4) is 0 Å². The predicted octanol–water partition coefficient (Wildman–Crippen LogP) is 5.36. The molecule has 0 unspecified atom stereocenters. The second-order valence-electron chi connectivity index (χ2n) is 7.15. The van der Waals surface area contributed by atoms with Crippen LogP contribution < -0.4 is 5.32 Å². The molecular formula is C23H19NO2. The third kappa shape index (κ3) is 2.24. The van der Waals surface area contributed by atoms with E-state index in [2.05, 4.69) is 53.9 Å². The lowest BCUT2D eigenvalue weighted by molar-refractivity contribution is 0.0697. The Labute approximate surface area is 152 Å². The highest BCUT2D eigenvalue weighted by Crippen LogP contribution is 2.51. The standard InChI is InChI=1S/C23H19NO2/c25-23(26)16-10-8-15(9-11-16)21-19-7-3-6-18(19)20-13-12-14-4-1-2-5-17(14)22(20)24-21/h1-6,8-13,18-19,21,24H,7H2,(H,25,26)/t18-,19+,21-/m1/s1. The number of anilines is 1. The Morgan fingerprint density at radius 2 is 1.81 bits per heavy atom. The van der Waals surface area contributed by atoms with Gasteiger partial charge in [0.1, 0.15) is 0 Å². The molecule has 2 N–H and O–H groups in total. The van der Waals surface area contributed by atoms with Gasteiger partial charge in [-0.25, -0.2) is 4.79 Å². The summed E-state index contributed by atoms with van der Waals surface area (Å²) in [6, 6.07) is 20.4. The molecule has 5 rings (SSSR count). The summed E-state index contributed by atoms with van der Waals surface area (Å²) >= 11 is 0. The van der Waals surface area contributed by atoms with E-state index < -0.39 is 5.97 Å². The molecule has 0 bridgehead atoms. The number of aromatic carboxylic acids is 1. The summed E-state index contributed by atoms with van der Waals surface area (Å²) in [6.07, 6.45) is 5.65. The van der Waals surface area contributed by atoms with Crippen molar-refractivity contribution in [2.24, 2.45) is 5.92 Å². The van der Waals surface area contributed by atoms with E-state index >= 15 is 0 Å². The SMILES string of the molecule is O=C(O)c1ccc([C@H]2Nc3c(ccc4ccccc34)[C@@H]3C=CC[C@H]23)cc1. The molecule has 3 atom stereocenters. The van der Waals surface area contributed by atoms with Gasteiger partial charge >= 0.3 is 5.97 Å². The van der Waals surface area contributed by atoms with Gasteiger partial charge in [-0.3, -0.25) is 0 Å². The second-order valence-corrected chi connectivity index (χ2v) is 7.15. The smallest absolute Gasteiger partial charge is 0.335 e. The van der Waals surface area contributed by atoms with E-state index in [4.69, 9.17) is 5.11 Å². The number of carboxylic acid groups (broad SMARTS) is 1. The van der Waals surface area contributed by atoms with Crippen LogP contribution in [-0.4, -0.2) is 11.1 Å². The number of carboxylic acids is 1. The molecule has 0 aromatic heterocycles. The van der Waals surface area contributed by atoms with E-state index in [1.54, 1.807) is 12.1 Å². The minimum absolute atomic E-state index is 0.177. The van der Waals surface area contributed by atoms with Crippen molar-refractivity contribution in [2.45, 2.75) is 18.4 Å². The average molecular weight is 341 g/mol. The largest absolute Gasteiger partial charge is 0.478 e. The molecule has 0 radical (unpaired) electrons. The van der Waals surface area contributed by atoms with Crippen LogP contribution in [0.1, 0.15) is 39.9 Å². The van der Waals surface area contributed by atoms with Crippen LogP contribution in [0.5, 0.6) is 0 Å². The first-order valence-corrected chi connectivity index (χ1v) is 9.00. The van der Waals surface area contributed by atoms with Crippen LogP contribution in [0.4, 0.5) is 5.69 Å². The van der Waals surface area contributed by atoms with E-state index in [-0.39, 0.29) is 6.04 Å². The lowest BCUT2D eigenvalue weighted by atomic mass is 9.76. The first-order chi connectivity index (χ1) is 12.7. The molecule has 0 saturated heterocycles. The van der Waals surface area contributed by atoms with Crippen LogP contribution in [0.25, 0.3) is 10.8 Å². The fourth-order valence-electron chi connectivity index (χ4n) is 4.50. The van der Waals surface area contributed by atoms with Crippen molar-refractivity contribution in [3.8, 4) is 0 Å². The molecule has 0 fully saturated rings. The summed E-state index contributed by atoms with van der Waals surface area (Å²) < 4.78 is 0. The highest BCUT2D eigenvalue weighted by molar-refractivity contribution is 5.96. The second kappa shape index (κ2) is 5.73. The van der Waals surface area contributed by atoms with Crippen molar-refractivity contribution < 1.29 is 9.90 Å². The Morgan fingerprint density at radius 1 is 1.00 bits per heavy atom. The van der Waals surface area contributed by atoms with Crippen LogP contribution in [0.2, 0.25) is 0 Å². The maximum absolute atomic E-state index is 11.2. The van der Waals surface area contributed by atoms with Crippen LogP contribution in [-0.2, 0) is 0 Å². The molecular weight excluding hydrogens is 322 g/mol. The Bertz CT molecular complexity index is 1040. The van der Waals surface area contributed by atoms with Gasteiger partial charge in [0.2, 0.25) is 0 Å². The van der Waals surface area contributed by atoms with Crippen LogP contribution >= 0.6 is 0 Å². The number of nitrogens with one attached hydrogen (secondary N) is 1. The summed E-state index contributed by atoms with van der Waals surface area (Å²) in [5, 5.41) is 15.4. The molecule has 3 aromatic rings. The maximum atomic E-state index is 11.2. The minimum atomic E-state index is -0.884. The summed E-state index contributed by atoms with van der Waals surface area (Å²) in [7, 11) is 0. The van der Waals surface area contributed by atoms with Crippen LogP contribution in [0, 0.1) is 5.92 Å². The quantitative estimate of drug-likeness (QED) is 0.617. The van der Waals surface area contributed by atoms with Crippen molar-refractivity contribution in [1.82, 2.24) is 0 Å². The predicted molar refractivity (Wildman–Crippen MR) is 104 cm³/mol. The Kier molecular flexibility index (Phi) is 3.35. The van der Waals surface area contributed by atoms with Crippen molar-refractivity contribution in [1.29, 1.82) is 0 Å². The van der Waals surface area contributed by atoms with Crippen LogP contribution in [0.15, 0.2) is 72.8 Å². The lowest BCUT2D eigenvalue weighted by Crippen LogP contribution is -2.29. The minimum Gasteiger partial charge on any atom is -0.478 e.